The van der Waals surface area contributed by atoms with E-state index >= 15 is 0 Å². The van der Waals surface area contributed by atoms with Gasteiger partial charge in [0.2, 0.25) is 5.95 Å². The van der Waals surface area contributed by atoms with Gasteiger partial charge in [-0.05, 0) is 67.5 Å². The Kier molecular flexibility index (Phi) is 8.42. The second-order valence-electron chi connectivity index (χ2n) is 9.85. The first kappa shape index (κ1) is 26.7. The van der Waals surface area contributed by atoms with Crippen molar-refractivity contribution in [3.05, 3.63) is 118 Å². The molecule has 1 saturated heterocycles. The van der Waals surface area contributed by atoms with Crippen LogP contribution in [0.2, 0.25) is 5.02 Å². The van der Waals surface area contributed by atoms with Gasteiger partial charge in [0.05, 0.1) is 24.4 Å². The number of para-hydroxylation sites is 1. The largest absolute Gasteiger partial charge is 0.496 e. The van der Waals surface area contributed by atoms with Crippen molar-refractivity contribution < 1.29 is 9.53 Å². The van der Waals surface area contributed by atoms with Crippen LogP contribution in [0.5, 0.6) is 5.75 Å². The van der Waals surface area contributed by atoms with E-state index in [-0.39, 0.29) is 11.9 Å². The first-order chi connectivity index (χ1) is 19.0. The highest BCUT2D eigenvalue weighted by molar-refractivity contribution is 6.30. The van der Waals surface area contributed by atoms with Crippen LogP contribution in [0.4, 0.5) is 5.95 Å². The molecule has 1 N–H and O–H groups in total. The summed E-state index contributed by atoms with van der Waals surface area (Å²) in [5.41, 5.74) is 5.84. The number of carbonyl (C=O) groups is 1. The number of halogens is 1. The third-order valence-corrected chi connectivity index (χ3v) is 7.64. The SMILES string of the molecule is COc1ccccc1CNC(=O)c1cnc(N2CCC[C@H]2c2ccc(Cl)cc2)nc1CCc1ccccc1C. The zero-order chi connectivity index (χ0) is 27.2. The van der Waals surface area contributed by atoms with E-state index in [1.54, 1.807) is 13.3 Å². The van der Waals surface area contributed by atoms with E-state index in [9.17, 15) is 4.79 Å². The summed E-state index contributed by atoms with van der Waals surface area (Å²) in [5.74, 6) is 1.21. The molecule has 3 aromatic carbocycles. The molecule has 5 rings (SSSR count). The molecule has 1 atom stereocenters. The van der Waals surface area contributed by atoms with Gasteiger partial charge in [-0.3, -0.25) is 4.79 Å². The fraction of sp³-hybridized carbons (Fsp3) is 0.281. The molecule has 1 amide bonds. The highest BCUT2D eigenvalue weighted by Gasteiger charge is 2.29. The van der Waals surface area contributed by atoms with Gasteiger partial charge in [0.1, 0.15) is 5.75 Å². The molecule has 1 aromatic heterocycles. The zero-order valence-electron chi connectivity index (χ0n) is 22.4. The Hall–Kier alpha value is -3.90. The van der Waals surface area contributed by atoms with E-state index in [0.717, 1.165) is 47.8 Å². The molecule has 0 spiro atoms. The van der Waals surface area contributed by atoms with Gasteiger partial charge < -0.3 is 15.0 Å². The molecular formula is C32H33ClN4O2. The van der Waals surface area contributed by atoms with Gasteiger partial charge in [-0.25, -0.2) is 9.97 Å². The number of methoxy groups -OCH3 is 1. The standard InChI is InChI=1S/C32H33ClN4O2/c1-22-8-3-4-9-23(22)15-18-28-27(31(38)34-20-25-10-5-6-12-30(25)39-2)21-35-32(36-28)37-19-7-11-29(37)24-13-16-26(33)17-14-24/h3-6,8-10,12-14,16-17,21,29H,7,11,15,18-20H2,1-2H3,(H,34,38)/t29-/m0/s1. The van der Waals surface area contributed by atoms with Crippen molar-refractivity contribution in [1.82, 2.24) is 15.3 Å². The van der Waals surface area contributed by atoms with Crippen LogP contribution in [0.25, 0.3) is 0 Å². The maximum Gasteiger partial charge on any atom is 0.254 e. The maximum atomic E-state index is 13.4. The smallest absolute Gasteiger partial charge is 0.254 e. The topological polar surface area (TPSA) is 67.3 Å². The minimum atomic E-state index is -0.192. The lowest BCUT2D eigenvalue weighted by atomic mass is 10.0. The summed E-state index contributed by atoms with van der Waals surface area (Å²) in [7, 11) is 1.63. The molecule has 1 aliphatic heterocycles. The van der Waals surface area contributed by atoms with E-state index < -0.39 is 0 Å². The predicted octanol–water partition coefficient (Wildman–Crippen LogP) is 6.50. The number of nitrogens with one attached hydrogen (secondary N) is 1. The van der Waals surface area contributed by atoms with Crippen molar-refractivity contribution in [2.45, 2.75) is 45.2 Å². The van der Waals surface area contributed by atoms with Crippen LogP contribution in [0, 0.1) is 6.92 Å². The number of hydrogen-bond acceptors (Lipinski definition) is 5. The Morgan fingerprint density at radius 2 is 1.77 bits per heavy atom. The Bertz CT molecular complexity index is 1440. The monoisotopic (exact) mass is 540 g/mol. The van der Waals surface area contributed by atoms with Gasteiger partial charge in [0.25, 0.3) is 5.91 Å². The number of ether oxygens (including phenoxy) is 1. The number of hydrogen-bond donors (Lipinski definition) is 1. The molecule has 2 heterocycles. The van der Waals surface area contributed by atoms with Crippen LogP contribution < -0.4 is 15.0 Å². The number of anilines is 1. The Balaban J connectivity index is 1.42. The first-order valence-corrected chi connectivity index (χ1v) is 13.7. The molecule has 200 valence electrons. The Labute approximate surface area is 235 Å². The van der Waals surface area contributed by atoms with Crippen molar-refractivity contribution in [2.75, 3.05) is 18.6 Å². The summed E-state index contributed by atoms with van der Waals surface area (Å²) in [6.07, 6.45) is 5.18. The molecule has 1 fully saturated rings. The van der Waals surface area contributed by atoms with Crippen molar-refractivity contribution >= 4 is 23.5 Å². The van der Waals surface area contributed by atoms with Gasteiger partial charge >= 0.3 is 0 Å². The molecule has 0 unspecified atom stereocenters. The van der Waals surface area contributed by atoms with E-state index in [4.69, 9.17) is 26.3 Å². The number of carbonyl (C=O) groups excluding carboxylic acids is 1. The number of nitrogens with zero attached hydrogens (tertiary/aromatic N) is 3. The molecular weight excluding hydrogens is 508 g/mol. The maximum absolute atomic E-state index is 13.4. The predicted molar refractivity (Wildman–Crippen MR) is 156 cm³/mol. The molecule has 6 nitrogen and oxygen atoms in total. The summed E-state index contributed by atoms with van der Waals surface area (Å²) < 4.78 is 5.44. The van der Waals surface area contributed by atoms with Crippen molar-refractivity contribution in [1.29, 1.82) is 0 Å². The highest BCUT2D eigenvalue weighted by atomic mass is 35.5. The van der Waals surface area contributed by atoms with Gasteiger partial charge in [0.15, 0.2) is 0 Å². The number of benzene rings is 3. The lowest BCUT2D eigenvalue weighted by molar-refractivity contribution is 0.0949. The van der Waals surface area contributed by atoms with E-state index in [2.05, 4.69) is 47.5 Å². The average molecular weight is 541 g/mol. The van der Waals surface area contributed by atoms with Crippen LogP contribution >= 0.6 is 11.6 Å². The minimum Gasteiger partial charge on any atom is -0.496 e. The van der Waals surface area contributed by atoms with E-state index in [1.807, 2.05) is 42.5 Å². The summed E-state index contributed by atoms with van der Waals surface area (Å²) in [6.45, 7) is 3.33. The summed E-state index contributed by atoms with van der Waals surface area (Å²) in [5, 5.41) is 3.77. The van der Waals surface area contributed by atoms with Crippen molar-refractivity contribution in [3.8, 4) is 5.75 Å². The lowest BCUT2D eigenvalue weighted by Crippen LogP contribution is -2.28. The molecule has 39 heavy (non-hydrogen) atoms. The summed E-state index contributed by atoms with van der Waals surface area (Å²) in [4.78, 5) is 25.4. The van der Waals surface area contributed by atoms with Gasteiger partial charge in [-0.1, -0.05) is 66.2 Å². The van der Waals surface area contributed by atoms with E-state index in [0.29, 0.717) is 24.5 Å². The van der Waals surface area contributed by atoms with Crippen LogP contribution in [0.3, 0.4) is 0 Å². The van der Waals surface area contributed by atoms with Gasteiger partial charge in [0, 0.05) is 29.9 Å². The molecule has 7 heteroatoms. The van der Waals surface area contributed by atoms with Gasteiger partial charge in [-0.2, -0.15) is 0 Å². The number of aromatic nitrogens is 2. The fourth-order valence-corrected chi connectivity index (χ4v) is 5.35. The second kappa shape index (κ2) is 12.3. The minimum absolute atomic E-state index is 0.178. The normalized spacial score (nSPS) is 14.8. The number of amides is 1. The molecule has 0 saturated carbocycles. The van der Waals surface area contributed by atoms with E-state index in [1.165, 1.54) is 16.7 Å². The average Bonchev–Trinajstić information content (AvgIpc) is 3.46. The second-order valence-corrected chi connectivity index (χ2v) is 10.3. The van der Waals surface area contributed by atoms with Gasteiger partial charge in [-0.15, -0.1) is 0 Å². The number of rotatable bonds is 9. The van der Waals surface area contributed by atoms with Crippen LogP contribution in [-0.4, -0.2) is 29.5 Å². The van der Waals surface area contributed by atoms with Crippen LogP contribution in [-0.2, 0) is 19.4 Å². The third-order valence-electron chi connectivity index (χ3n) is 7.39. The van der Waals surface area contributed by atoms with Crippen molar-refractivity contribution in [2.24, 2.45) is 0 Å². The molecule has 4 aromatic rings. The Morgan fingerprint density at radius 3 is 2.54 bits per heavy atom. The number of aryl methyl sites for hydroxylation is 3. The van der Waals surface area contributed by atoms with Crippen LogP contribution in [0.15, 0.2) is 79.0 Å². The molecule has 0 bridgehead atoms. The molecule has 1 aliphatic rings. The van der Waals surface area contributed by atoms with Crippen LogP contribution in [0.1, 0.15) is 57.2 Å². The fourth-order valence-electron chi connectivity index (χ4n) is 5.23. The zero-order valence-corrected chi connectivity index (χ0v) is 23.1. The lowest BCUT2D eigenvalue weighted by Gasteiger charge is -2.26. The summed E-state index contributed by atoms with van der Waals surface area (Å²) in [6, 6.07) is 24.2. The summed E-state index contributed by atoms with van der Waals surface area (Å²) >= 11 is 6.13. The Morgan fingerprint density at radius 1 is 1.03 bits per heavy atom. The quantitative estimate of drug-likeness (QED) is 0.262. The molecule has 0 radical (unpaired) electrons. The first-order valence-electron chi connectivity index (χ1n) is 13.4. The molecule has 0 aliphatic carbocycles. The third kappa shape index (κ3) is 6.23. The highest BCUT2D eigenvalue weighted by Crippen LogP contribution is 2.35. The van der Waals surface area contributed by atoms with Crippen molar-refractivity contribution in [3.63, 3.8) is 0 Å².